The SMILES string of the molecule is Cc1cnc2[nH]cc(NC(=O)c3cnn(Cc4ccccc4)c3)c2c1. The first-order valence-corrected chi connectivity index (χ1v) is 8.00. The summed E-state index contributed by atoms with van der Waals surface area (Å²) < 4.78 is 1.76. The van der Waals surface area contributed by atoms with Crippen molar-refractivity contribution in [2.45, 2.75) is 13.5 Å². The maximum atomic E-state index is 12.5. The number of aryl methyl sites for hydroxylation is 1. The van der Waals surface area contributed by atoms with Crippen LogP contribution >= 0.6 is 0 Å². The van der Waals surface area contributed by atoms with E-state index < -0.39 is 0 Å². The lowest BCUT2D eigenvalue weighted by molar-refractivity contribution is 0.102. The summed E-state index contributed by atoms with van der Waals surface area (Å²) in [6.07, 6.45) is 6.87. The number of aromatic amines is 1. The van der Waals surface area contributed by atoms with Crippen molar-refractivity contribution >= 4 is 22.6 Å². The molecule has 6 nitrogen and oxygen atoms in total. The highest BCUT2D eigenvalue weighted by Crippen LogP contribution is 2.22. The molecule has 0 bridgehead atoms. The highest BCUT2D eigenvalue weighted by Gasteiger charge is 2.12. The fourth-order valence-corrected chi connectivity index (χ4v) is 2.74. The molecular formula is C19H17N5O. The van der Waals surface area contributed by atoms with E-state index in [1.165, 1.54) is 0 Å². The molecule has 0 fully saturated rings. The first-order valence-electron chi connectivity index (χ1n) is 8.00. The highest BCUT2D eigenvalue weighted by atomic mass is 16.1. The molecule has 0 atom stereocenters. The Morgan fingerprint density at radius 2 is 2.08 bits per heavy atom. The van der Waals surface area contributed by atoms with E-state index in [1.54, 1.807) is 29.5 Å². The lowest BCUT2D eigenvalue weighted by Gasteiger charge is -2.02. The van der Waals surface area contributed by atoms with Gasteiger partial charge in [-0.15, -0.1) is 0 Å². The maximum Gasteiger partial charge on any atom is 0.258 e. The van der Waals surface area contributed by atoms with Crippen molar-refractivity contribution in [1.29, 1.82) is 0 Å². The monoisotopic (exact) mass is 331 g/mol. The molecule has 0 aliphatic heterocycles. The number of aromatic nitrogens is 4. The van der Waals surface area contributed by atoms with E-state index in [9.17, 15) is 4.79 Å². The lowest BCUT2D eigenvalue weighted by atomic mass is 10.2. The number of carbonyl (C=O) groups excluding carboxylic acids is 1. The number of nitrogens with zero attached hydrogens (tertiary/aromatic N) is 3. The molecule has 1 aromatic carbocycles. The second kappa shape index (κ2) is 6.24. The second-order valence-electron chi connectivity index (χ2n) is 5.98. The van der Waals surface area contributed by atoms with Gasteiger partial charge < -0.3 is 10.3 Å². The van der Waals surface area contributed by atoms with Gasteiger partial charge in [0.1, 0.15) is 5.65 Å². The fraction of sp³-hybridized carbons (Fsp3) is 0.105. The van der Waals surface area contributed by atoms with Gasteiger partial charge in [0.15, 0.2) is 0 Å². The average molecular weight is 331 g/mol. The lowest BCUT2D eigenvalue weighted by Crippen LogP contribution is -2.11. The van der Waals surface area contributed by atoms with E-state index >= 15 is 0 Å². The van der Waals surface area contributed by atoms with Gasteiger partial charge in [-0.1, -0.05) is 30.3 Å². The molecular weight excluding hydrogens is 314 g/mol. The van der Waals surface area contributed by atoms with Gasteiger partial charge in [-0.05, 0) is 24.1 Å². The zero-order valence-electron chi connectivity index (χ0n) is 13.7. The average Bonchev–Trinajstić information content (AvgIpc) is 3.23. The van der Waals surface area contributed by atoms with E-state index in [0.29, 0.717) is 17.8 Å². The number of hydrogen-bond donors (Lipinski definition) is 2. The van der Waals surface area contributed by atoms with Crippen LogP contribution in [0, 0.1) is 6.92 Å². The first kappa shape index (κ1) is 15.1. The van der Waals surface area contributed by atoms with E-state index in [1.807, 2.05) is 43.3 Å². The number of rotatable bonds is 4. The maximum absolute atomic E-state index is 12.5. The van der Waals surface area contributed by atoms with Gasteiger partial charge in [0.2, 0.25) is 0 Å². The summed E-state index contributed by atoms with van der Waals surface area (Å²) in [6.45, 7) is 2.60. The molecule has 0 aliphatic carbocycles. The van der Waals surface area contributed by atoms with Crippen LogP contribution in [0.1, 0.15) is 21.5 Å². The molecule has 1 amide bonds. The molecule has 124 valence electrons. The van der Waals surface area contributed by atoms with Crippen LogP contribution in [0.25, 0.3) is 11.0 Å². The van der Waals surface area contributed by atoms with Crippen LogP contribution in [0.15, 0.2) is 61.2 Å². The molecule has 0 saturated heterocycles. The van der Waals surface area contributed by atoms with Gasteiger partial charge in [-0.2, -0.15) is 5.10 Å². The van der Waals surface area contributed by atoms with E-state index in [0.717, 1.165) is 22.2 Å². The van der Waals surface area contributed by atoms with Gasteiger partial charge in [0, 0.05) is 24.0 Å². The zero-order valence-corrected chi connectivity index (χ0v) is 13.7. The van der Waals surface area contributed by atoms with Crippen molar-refractivity contribution in [3.63, 3.8) is 0 Å². The van der Waals surface area contributed by atoms with E-state index in [4.69, 9.17) is 0 Å². The standard InChI is InChI=1S/C19H17N5O/c1-13-7-16-17(10-21-18(16)20-8-13)23-19(25)15-9-22-24(12-15)11-14-5-3-2-4-6-14/h2-10,12H,11H2,1H3,(H,20,21)(H,23,25). The number of anilines is 1. The summed E-state index contributed by atoms with van der Waals surface area (Å²) in [5.74, 6) is -0.193. The van der Waals surface area contributed by atoms with Crippen molar-refractivity contribution in [2.75, 3.05) is 5.32 Å². The molecule has 0 aliphatic rings. The summed E-state index contributed by atoms with van der Waals surface area (Å²) in [5, 5.41) is 8.09. The molecule has 0 unspecified atom stereocenters. The van der Waals surface area contributed by atoms with Crippen molar-refractivity contribution in [3.8, 4) is 0 Å². The Morgan fingerprint density at radius 1 is 1.24 bits per heavy atom. The Kier molecular flexibility index (Phi) is 3.78. The first-order chi connectivity index (χ1) is 12.2. The van der Waals surface area contributed by atoms with Crippen molar-refractivity contribution in [2.24, 2.45) is 0 Å². The summed E-state index contributed by atoms with van der Waals surface area (Å²) in [7, 11) is 0. The van der Waals surface area contributed by atoms with Crippen LogP contribution in [0.5, 0.6) is 0 Å². The Labute approximate surface area is 144 Å². The normalized spacial score (nSPS) is 10.9. The second-order valence-corrected chi connectivity index (χ2v) is 5.98. The van der Waals surface area contributed by atoms with E-state index in [2.05, 4.69) is 20.4 Å². The molecule has 6 heteroatoms. The van der Waals surface area contributed by atoms with Crippen molar-refractivity contribution < 1.29 is 4.79 Å². The topological polar surface area (TPSA) is 75.6 Å². The van der Waals surface area contributed by atoms with Gasteiger partial charge in [-0.25, -0.2) is 4.98 Å². The molecule has 25 heavy (non-hydrogen) atoms. The third kappa shape index (κ3) is 3.14. The van der Waals surface area contributed by atoms with Crippen LogP contribution in [0.4, 0.5) is 5.69 Å². The molecule has 0 spiro atoms. The summed E-state index contributed by atoms with van der Waals surface area (Å²) in [5.41, 5.74) is 4.16. The number of carbonyl (C=O) groups is 1. The van der Waals surface area contributed by atoms with E-state index in [-0.39, 0.29) is 5.91 Å². The number of fused-ring (bicyclic) bond motifs is 1. The molecule has 3 heterocycles. The number of H-pyrrole nitrogens is 1. The Balaban J connectivity index is 1.52. The quantitative estimate of drug-likeness (QED) is 0.602. The molecule has 2 N–H and O–H groups in total. The minimum absolute atomic E-state index is 0.193. The number of nitrogens with one attached hydrogen (secondary N) is 2. The third-order valence-electron chi connectivity index (χ3n) is 4.00. The van der Waals surface area contributed by atoms with Gasteiger partial charge >= 0.3 is 0 Å². The summed E-state index contributed by atoms with van der Waals surface area (Å²) >= 11 is 0. The Bertz CT molecular complexity index is 1030. The number of benzene rings is 1. The minimum Gasteiger partial charge on any atom is -0.344 e. The van der Waals surface area contributed by atoms with Gasteiger partial charge in [0.05, 0.1) is 24.0 Å². The number of hydrogen-bond acceptors (Lipinski definition) is 3. The zero-order chi connectivity index (χ0) is 17.2. The van der Waals surface area contributed by atoms with Gasteiger partial charge in [-0.3, -0.25) is 9.48 Å². The molecule has 0 saturated carbocycles. The highest BCUT2D eigenvalue weighted by molar-refractivity contribution is 6.08. The predicted molar refractivity (Wildman–Crippen MR) is 96.6 cm³/mol. The molecule has 3 aromatic heterocycles. The summed E-state index contributed by atoms with van der Waals surface area (Å²) in [6, 6.07) is 12.0. The predicted octanol–water partition coefficient (Wildman–Crippen LogP) is 3.37. The van der Waals surface area contributed by atoms with Crippen LogP contribution in [-0.2, 0) is 6.54 Å². The minimum atomic E-state index is -0.193. The Morgan fingerprint density at radius 3 is 2.92 bits per heavy atom. The molecule has 0 radical (unpaired) electrons. The van der Waals surface area contributed by atoms with Crippen molar-refractivity contribution in [1.82, 2.24) is 19.7 Å². The smallest absolute Gasteiger partial charge is 0.258 e. The molecule has 4 rings (SSSR count). The largest absolute Gasteiger partial charge is 0.344 e. The fourth-order valence-electron chi connectivity index (χ4n) is 2.74. The summed E-state index contributed by atoms with van der Waals surface area (Å²) in [4.78, 5) is 19.9. The molecule has 4 aromatic rings. The number of amides is 1. The third-order valence-corrected chi connectivity index (χ3v) is 4.00. The van der Waals surface area contributed by atoms with Crippen LogP contribution in [0.2, 0.25) is 0 Å². The van der Waals surface area contributed by atoms with Crippen LogP contribution < -0.4 is 5.32 Å². The van der Waals surface area contributed by atoms with Crippen molar-refractivity contribution in [3.05, 3.63) is 77.9 Å². The van der Waals surface area contributed by atoms with Crippen LogP contribution in [-0.4, -0.2) is 25.7 Å². The van der Waals surface area contributed by atoms with Gasteiger partial charge in [0.25, 0.3) is 5.91 Å². The Hall–Kier alpha value is -3.41. The van der Waals surface area contributed by atoms with Crippen LogP contribution in [0.3, 0.4) is 0 Å². The number of pyridine rings is 1.